The molecular weight excluding hydrogens is 517 g/mol. The molecule has 1 aliphatic rings. The highest BCUT2D eigenvalue weighted by atomic mass is 35.5. The molecule has 1 N–H and O–H groups in total. The van der Waals surface area contributed by atoms with Crippen molar-refractivity contribution in [2.75, 3.05) is 19.7 Å². The third kappa shape index (κ3) is 6.60. The number of halogens is 2. The number of carbonyl (C=O) groups is 1. The van der Waals surface area contributed by atoms with Crippen molar-refractivity contribution < 1.29 is 14.7 Å². The van der Waals surface area contributed by atoms with Crippen molar-refractivity contribution in [3.05, 3.63) is 79.4 Å². The minimum atomic E-state index is -0.836. The second-order valence-electron chi connectivity index (χ2n) is 8.51. The number of hydrazine groups is 1. The van der Waals surface area contributed by atoms with Crippen molar-refractivity contribution in [2.24, 2.45) is 0 Å². The third-order valence-electron chi connectivity index (χ3n) is 5.92. The molecule has 0 unspecified atom stereocenters. The molecule has 1 saturated heterocycles. The van der Waals surface area contributed by atoms with E-state index in [1.807, 2.05) is 36.2 Å². The Morgan fingerprint density at radius 3 is 2.54 bits per heavy atom. The number of aromatic nitrogens is 2. The first-order valence-electron chi connectivity index (χ1n) is 11.8. The van der Waals surface area contributed by atoms with Gasteiger partial charge in [0.15, 0.2) is 5.69 Å². The van der Waals surface area contributed by atoms with Crippen molar-refractivity contribution in [1.29, 1.82) is 0 Å². The second-order valence-corrected chi connectivity index (χ2v) is 9.32. The number of hydrogen-bond acceptors (Lipinski definition) is 6. The Kier molecular flexibility index (Phi) is 8.66. The van der Waals surface area contributed by atoms with Crippen LogP contribution in [-0.4, -0.2) is 45.5 Å². The highest BCUT2D eigenvalue weighted by Gasteiger charge is 2.24. The fraction of sp³-hybridized carbons (Fsp3) is 0.308. The molecule has 3 aromatic rings. The summed E-state index contributed by atoms with van der Waals surface area (Å²) in [6, 6.07) is 12.7. The number of nitrogens with zero attached hydrogens (tertiary/aromatic N) is 4. The number of amides is 1. The maximum Gasteiger partial charge on any atom is 0.294 e. The summed E-state index contributed by atoms with van der Waals surface area (Å²) in [5, 5.41) is 16.8. The molecule has 2 aromatic carbocycles. The van der Waals surface area contributed by atoms with Crippen molar-refractivity contribution >= 4 is 29.1 Å². The average molecular weight is 542 g/mol. The Bertz CT molecular complexity index is 1360. The van der Waals surface area contributed by atoms with Gasteiger partial charge in [-0.05, 0) is 50.1 Å². The molecule has 1 aliphatic heterocycles. The minimum Gasteiger partial charge on any atom is -0.313 e. The molecule has 0 atom stereocenters. The van der Waals surface area contributed by atoms with E-state index in [2.05, 4.69) is 27.2 Å². The van der Waals surface area contributed by atoms with Gasteiger partial charge in [0.05, 0.1) is 21.4 Å². The van der Waals surface area contributed by atoms with E-state index in [4.69, 9.17) is 23.2 Å². The maximum absolute atomic E-state index is 13.2. The van der Waals surface area contributed by atoms with E-state index in [0.717, 1.165) is 54.7 Å². The molecule has 2 heterocycles. The first-order valence-corrected chi connectivity index (χ1v) is 12.6. The van der Waals surface area contributed by atoms with Crippen LogP contribution in [0.15, 0.2) is 42.5 Å². The lowest BCUT2D eigenvalue weighted by Crippen LogP contribution is -2.45. The van der Waals surface area contributed by atoms with Crippen LogP contribution in [0, 0.1) is 28.9 Å². The first kappa shape index (κ1) is 26.5. The van der Waals surface area contributed by atoms with Crippen LogP contribution in [0.25, 0.3) is 16.9 Å². The van der Waals surface area contributed by atoms with Crippen LogP contribution < -0.4 is 5.43 Å². The van der Waals surface area contributed by atoms with Gasteiger partial charge in [-0.2, -0.15) is 5.10 Å². The van der Waals surface area contributed by atoms with Crippen LogP contribution in [0.2, 0.25) is 10.0 Å². The lowest BCUT2D eigenvalue weighted by Gasteiger charge is -2.26. The van der Waals surface area contributed by atoms with Crippen molar-refractivity contribution in [3.63, 3.8) is 0 Å². The largest absolute Gasteiger partial charge is 0.313 e. The van der Waals surface area contributed by atoms with E-state index >= 15 is 0 Å². The van der Waals surface area contributed by atoms with Crippen molar-refractivity contribution in [2.45, 2.75) is 32.6 Å². The van der Waals surface area contributed by atoms with Gasteiger partial charge in [0.1, 0.15) is 6.61 Å². The van der Waals surface area contributed by atoms with E-state index in [9.17, 15) is 14.9 Å². The second kappa shape index (κ2) is 12.1. The van der Waals surface area contributed by atoms with Gasteiger partial charge in [0.2, 0.25) is 0 Å². The predicted molar refractivity (Wildman–Crippen MR) is 141 cm³/mol. The van der Waals surface area contributed by atoms with E-state index in [-0.39, 0.29) is 18.9 Å². The molecular formula is C26H25Cl2N5O4. The van der Waals surface area contributed by atoms with Gasteiger partial charge in [-0.1, -0.05) is 53.6 Å². The molecule has 1 amide bonds. The highest BCUT2D eigenvalue weighted by molar-refractivity contribution is 6.42. The normalized spacial score (nSPS) is 13.5. The molecule has 1 aromatic heterocycles. The SMILES string of the molecule is Cc1c(C(=O)NN2CCCCC2)nn(-c2ccc(Cl)c(Cl)c2)c1-c1ccc(C#CCCO[N+](=O)[O-])cc1. The molecule has 9 nitrogen and oxygen atoms in total. The standard InChI is InChI=1S/C26H25Cl2N5O4/c1-18-24(26(34)30-31-14-4-2-5-15-31)29-32(21-12-13-22(27)23(28)17-21)25(18)20-10-8-19(9-11-20)7-3-6-16-37-33(35)36/h8-13,17H,2,4-6,14-16H2,1H3,(H,30,34). The summed E-state index contributed by atoms with van der Waals surface area (Å²) in [5.74, 6) is 5.55. The lowest BCUT2D eigenvalue weighted by molar-refractivity contribution is -0.757. The molecule has 1 fully saturated rings. The average Bonchev–Trinajstić information content (AvgIpc) is 3.23. The molecule has 0 bridgehead atoms. The van der Waals surface area contributed by atoms with Crippen LogP contribution in [0.1, 0.15) is 47.3 Å². The number of benzene rings is 2. The molecule has 11 heteroatoms. The van der Waals surface area contributed by atoms with Crippen LogP contribution >= 0.6 is 23.2 Å². The number of nitrogens with one attached hydrogen (secondary N) is 1. The summed E-state index contributed by atoms with van der Waals surface area (Å²) in [6.45, 7) is 3.41. The number of piperidine rings is 1. The van der Waals surface area contributed by atoms with Gasteiger partial charge < -0.3 is 4.84 Å². The molecule has 0 spiro atoms. The summed E-state index contributed by atoms with van der Waals surface area (Å²) in [4.78, 5) is 27.7. The van der Waals surface area contributed by atoms with Gasteiger partial charge in [-0.15, -0.1) is 10.1 Å². The zero-order valence-corrected chi connectivity index (χ0v) is 21.7. The Morgan fingerprint density at radius 1 is 1.14 bits per heavy atom. The molecule has 0 aliphatic carbocycles. The Hall–Kier alpha value is -3.58. The van der Waals surface area contributed by atoms with E-state index < -0.39 is 5.09 Å². The van der Waals surface area contributed by atoms with Crippen molar-refractivity contribution in [1.82, 2.24) is 20.2 Å². The smallest absolute Gasteiger partial charge is 0.294 e. The fourth-order valence-corrected chi connectivity index (χ4v) is 4.40. The topological polar surface area (TPSA) is 103 Å². The van der Waals surface area contributed by atoms with Crippen LogP contribution in [0.4, 0.5) is 0 Å². The predicted octanol–water partition coefficient (Wildman–Crippen LogP) is 5.24. The zero-order chi connectivity index (χ0) is 26.4. The number of hydrogen-bond donors (Lipinski definition) is 1. The fourth-order valence-electron chi connectivity index (χ4n) is 4.10. The van der Waals surface area contributed by atoms with Crippen LogP contribution in [0.3, 0.4) is 0 Å². The molecule has 0 saturated carbocycles. The Morgan fingerprint density at radius 2 is 1.86 bits per heavy atom. The van der Waals surface area contributed by atoms with E-state index in [0.29, 0.717) is 21.4 Å². The summed E-state index contributed by atoms with van der Waals surface area (Å²) < 4.78 is 1.69. The minimum absolute atomic E-state index is 0.0810. The summed E-state index contributed by atoms with van der Waals surface area (Å²) in [7, 11) is 0. The monoisotopic (exact) mass is 541 g/mol. The Labute approximate surface area is 224 Å². The van der Waals surface area contributed by atoms with Crippen LogP contribution in [-0.2, 0) is 4.84 Å². The maximum atomic E-state index is 13.2. The van der Waals surface area contributed by atoms with E-state index in [1.165, 1.54) is 0 Å². The van der Waals surface area contributed by atoms with Crippen LogP contribution in [0.5, 0.6) is 0 Å². The van der Waals surface area contributed by atoms with Gasteiger partial charge in [0, 0.05) is 36.2 Å². The quantitative estimate of drug-likeness (QED) is 0.190. The summed E-state index contributed by atoms with van der Waals surface area (Å²) in [6.07, 6.45) is 3.48. The van der Waals surface area contributed by atoms with E-state index in [1.54, 1.807) is 22.9 Å². The van der Waals surface area contributed by atoms with Gasteiger partial charge >= 0.3 is 0 Å². The number of carbonyl (C=O) groups excluding carboxylic acids is 1. The Balaban J connectivity index is 1.66. The number of rotatable bonds is 7. The molecule has 4 rings (SSSR count). The molecule has 0 radical (unpaired) electrons. The molecule has 192 valence electrons. The zero-order valence-electron chi connectivity index (χ0n) is 20.2. The first-order chi connectivity index (χ1) is 17.8. The molecule has 37 heavy (non-hydrogen) atoms. The van der Waals surface area contributed by atoms with Gasteiger partial charge in [-0.25, -0.2) is 9.69 Å². The third-order valence-corrected chi connectivity index (χ3v) is 6.65. The van der Waals surface area contributed by atoms with Crippen molar-refractivity contribution in [3.8, 4) is 28.8 Å². The highest BCUT2D eigenvalue weighted by Crippen LogP contribution is 2.31. The summed E-state index contributed by atoms with van der Waals surface area (Å²) >= 11 is 12.4. The lowest BCUT2D eigenvalue weighted by atomic mass is 10.0. The van der Waals surface area contributed by atoms with Gasteiger partial charge in [0.25, 0.3) is 11.0 Å². The van der Waals surface area contributed by atoms with Gasteiger partial charge in [-0.3, -0.25) is 10.2 Å². The summed E-state index contributed by atoms with van der Waals surface area (Å²) in [5.41, 5.74) is 7.00.